The summed E-state index contributed by atoms with van der Waals surface area (Å²) in [6.45, 7) is 0.202. The predicted octanol–water partition coefficient (Wildman–Crippen LogP) is 0.223. The van der Waals surface area contributed by atoms with Crippen LogP contribution < -0.4 is 16.2 Å². The van der Waals surface area contributed by atoms with E-state index in [0.29, 0.717) is 5.92 Å². The number of nitrogens with two attached hydrogens (primary N) is 2. The van der Waals surface area contributed by atoms with Crippen molar-refractivity contribution in [1.82, 2.24) is 4.72 Å². The lowest BCUT2D eigenvalue weighted by atomic mass is 10.2. The van der Waals surface area contributed by atoms with E-state index in [1.807, 2.05) is 0 Å². The summed E-state index contributed by atoms with van der Waals surface area (Å²) in [6.07, 6.45) is 2.11. The van der Waals surface area contributed by atoms with Crippen LogP contribution in [0.4, 0.5) is 0 Å². The molecular weight excluding hydrogens is 302 g/mol. The molecule has 0 aromatic heterocycles. The summed E-state index contributed by atoms with van der Waals surface area (Å²) < 4.78 is 26.5. The van der Waals surface area contributed by atoms with E-state index in [0.717, 1.165) is 12.8 Å². The van der Waals surface area contributed by atoms with Crippen LogP contribution in [-0.2, 0) is 10.0 Å². The fourth-order valence-electron chi connectivity index (χ4n) is 1.80. The van der Waals surface area contributed by atoms with Gasteiger partial charge in [-0.2, -0.15) is 0 Å². The van der Waals surface area contributed by atoms with Gasteiger partial charge in [0.25, 0.3) is 0 Å². The third-order valence-corrected chi connectivity index (χ3v) is 4.59. The summed E-state index contributed by atoms with van der Waals surface area (Å²) in [6, 6.07) is 5.46. The van der Waals surface area contributed by atoms with Gasteiger partial charge in [-0.05, 0) is 37.0 Å². The smallest absolute Gasteiger partial charge is 0.248 e. The highest BCUT2D eigenvalue weighted by Crippen LogP contribution is 2.31. The lowest BCUT2D eigenvalue weighted by Gasteiger charge is -2.12. The van der Waals surface area contributed by atoms with Gasteiger partial charge in [-0.25, -0.2) is 13.1 Å². The third kappa shape index (κ3) is 4.17. The van der Waals surface area contributed by atoms with E-state index in [1.54, 1.807) is 0 Å². The van der Waals surface area contributed by atoms with E-state index in [1.165, 1.54) is 24.3 Å². The van der Waals surface area contributed by atoms with Crippen LogP contribution in [-0.4, -0.2) is 26.9 Å². The van der Waals surface area contributed by atoms with Crippen molar-refractivity contribution in [3.8, 4) is 0 Å². The van der Waals surface area contributed by atoms with Gasteiger partial charge in [0.15, 0.2) is 0 Å². The molecule has 1 aliphatic rings. The van der Waals surface area contributed by atoms with Crippen LogP contribution in [0.1, 0.15) is 23.2 Å². The molecule has 0 spiro atoms. The van der Waals surface area contributed by atoms with Crippen molar-refractivity contribution in [2.24, 2.45) is 17.4 Å². The Kier molecular flexibility index (Phi) is 5.52. The first-order valence-corrected chi connectivity index (χ1v) is 7.53. The molecule has 0 aliphatic heterocycles. The molecule has 1 unspecified atom stereocenters. The summed E-state index contributed by atoms with van der Waals surface area (Å²) in [7, 11) is -3.65. The first kappa shape index (κ1) is 16.9. The second kappa shape index (κ2) is 6.53. The van der Waals surface area contributed by atoms with Gasteiger partial charge in [0, 0.05) is 18.2 Å². The first-order valence-electron chi connectivity index (χ1n) is 6.05. The second-order valence-electron chi connectivity index (χ2n) is 4.75. The molecule has 1 aromatic rings. The summed E-state index contributed by atoms with van der Waals surface area (Å²) in [5.41, 5.74) is 11.1. The normalized spacial score (nSPS) is 16.2. The minimum Gasteiger partial charge on any atom is -0.366 e. The van der Waals surface area contributed by atoms with Gasteiger partial charge < -0.3 is 11.5 Å². The zero-order chi connectivity index (χ0) is 14.0. The largest absolute Gasteiger partial charge is 0.366 e. The number of amides is 1. The quantitative estimate of drug-likeness (QED) is 0.695. The molecule has 0 saturated heterocycles. The van der Waals surface area contributed by atoms with Crippen LogP contribution in [0.3, 0.4) is 0 Å². The Morgan fingerprint density at radius 1 is 1.40 bits per heavy atom. The van der Waals surface area contributed by atoms with Crippen molar-refractivity contribution in [2.45, 2.75) is 23.8 Å². The van der Waals surface area contributed by atoms with Crippen LogP contribution in [0.25, 0.3) is 0 Å². The minimum absolute atomic E-state index is 0. The number of sulfonamides is 1. The summed E-state index contributed by atoms with van der Waals surface area (Å²) in [4.78, 5) is 11.1. The van der Waals surface area contributed by atoms with Crippen molar-refractivity contribution < 1.29 is 13.2 Å². The molecule has 112 valence electrons. The minimum atomic E-state index is -3.65. The van der Waals surface area contributed by atoms with Crippen molar-refractivity contribution >= 4 is 28.3 Å². The second-order valence-corrected chi connectivity index (χ2v) is 6.51. The standard InChI is InChI=1S/C12H17N3O3S.ClH/c13-11(8-4-5-8)7-15-19(17,18)10-3-1-2-9(6-10)12(14)16;/h1-3,6,8,11,15H,4-5,7,13H2,(H2,14,16);1H. The van der Waals surface area contributed by atoms with Gasteiger partial charge in [-0.1, -0.05) is 6.07 Å². The van der Waals surface area contributed by atoms with Crippen molar-refractivity contribution in [2.75, 3.05) is 6.54 Å². The lowest BCUT2D eigenvalue weighted by molar-refractivity contribution is 0.1000. The molecule has 20 heavy (non-hydrogen) atoms. The maximum absolute atomic E-state index is 12.0. The molecule has 8 heteroatoms. The number of hydrogen-bond donors (Lipinski definition) is 3. The van der Waals surface area contributed by atoms with E-state index in [9.17, 15) is 13.2 Å². The van der Waals surface area contributed by atoms with E-state index in [-0.39, 0.29) is 35.5 Å². The van der Waals surface area contributed by atoms with Gasteiger partial charge >= 0.3 is 0 Å². The third-order valence-electron chi connectivity index (χ3n) is 3.17. The molecular formula is C12H18ClN3O3S. The highest BCUT2D eigenvalue weighted by atomic mass is 35.5. The zero-order valence-electron chi connectivity index (χ0n) is 10.8. The van der Waals surface area contributed by atoms with E-state index in [2.05, 4.69) is 4.72 Å². The average Bonchev–Trinajstić information content (AvgIpc) is 3.20. The number of hydrogen-bond acceptors (Lipinski definition) is 4. The van der Waals surface area contributed by atoms with E-state index in [4.69, 9.17) is 11.5 Å². The first-order chi connectivity index (χ1) is 8.90. The molecule has 1 saturated carbocycles. The number of carbonyl (C=O) groups is 1. The Labute approximate surface area is 124 Å². The molecule has 1 atom stereocenters. The molecule has 1 fully saturated rings. The Bertz CT molecular complexity index is 587. The highest BCUT2D eigenvalue weighted by Gasteiger charge is 2.29. The summed E-state index contributed by atoms with van der Waals surface area (Å²) in [5, 5.41) is 0. The number of benzene rings is 1. The van der Waals surface area contributed by atoms with Gasteiger partial charge in [0.05, 0.1) is 4.90 Å². The van der Waals surface area contributed by atoms with Crippen molar-refractivity contribution in [3.05, 3.63) is 29.8 Å². The van der Waals surface area contributed by atoms with Gasteiger partial charge in [0.2, 0.25) is 15.9 Å². The Hall–Kier alpha value is -1.15. The van der Waals surface area contributed by atoms with Crippen molar-refractivity contribution in [3.63, 3.8) is 0 Å². The van der Waals surface area contributed by atoms with Gasteiger partial charge in [0.1, 0.15) is 0 Å². The van der Waals surface area contributed by atoms with Crippen LogP contribution in [0.5, 0.6) is 0 Å². The molecule has 5 N–H and O–H groups in total. The Morgan fingerprint density at radius 2 is 2.05 bits per heavy atom. The van der Waals surface area contributed by atoms with Crippen LogP contribution >= 0.6 is 12.4 Å². The Morgan fingerprint density at radius 3 is 2.60 bits per heavy atom. The summed E-state index contributed by atoms with van der Waals surface area (Å²) in [5.74, 6) is -0.244. The van der Waals surface area contributed by atoms with E-state index < -0.39 is 15.9 Å². The highest BCUT2D eigenvalue weighted by molar-refractivity contribution is 7.89. The summed E-state index contributed by atoms with van der Waals surface area (Å²) >= 11 is 0. The maximum atomic E-state index is 12.0. The zero-order valence-corrected chi connectivity index (χ0v) is 12.4. The van der Waals surface area contributed by atoms with Crippen LogP contribution in [0.15, 0.2) is 29.2 Å². The SMILES string of the molecule is Cl.NC(=O)c1cccc(S(=O)(=O)NCC(N)C2CC2)c1. The monoisotopic (exact) mass is 319 g/mol. The number of nitrogens with one attached hydrogen (secondary N) is 1. The molecule has 6 nitrogen and oxygen atoms in total. The molecule has 0 bridgehead atoms. The van der Waals surface area contributed by atoms with Crippen LogP contribution in [0.2, 0.25) is 0 Å². The predicted molar refractivity (Wildman–Crippen MR) is 78.1 cm³/mol. The fourth-order valence-corrected chi connectivity index (χ4v) is 2.92. The number of rotatable bonds is 6. The molecule has 1 aromatic carbocycles. The maximum Gasteiger partial charge on any atom is 0.248 e. The molecule has 0 heterocycles. The molecule has 2 rings (SSSR count). The lowest BCUT2D eigenvalue weighted by Crippen LogP contribution is -2.38. The van der Waals surface area contributed by atoms with Gasteiger partial charge in [-0.3, -0.25) is 4.79 Å². The van der Waals surface area contributed by atoms with Crippen molar-refractivity contribution in [1.29, 1.82) is 0 Å². The molecule has 1 amide bonds. The van der Waals surface area contributed by atoms with Gasteiger partial charge in [-0.15, -0.1) is 12.4 Å². The fraction of sp³-hybridized carbons (Fsp3) is 0.417. The number of carbonyl (C=O) groups excluding carboxylic acids is 1. The topological polar surface area (TPSA) is 115 Å². The van der Waals surface area contributed by atoms with E-state index >= 15 is 0 Å². The number of primary amides is 1. The van der Waals surface area contributed by atoms with Crippen LogP contribution in [0, 0.1) is 5.92 Å². The Balaban J connectivity index is 0.00000200. The number of halogens is 1. The molecule has 0 radical (unpaired) electrons. The average molecular weight is 320 g/mol. The molecule has 1 aliphatic carbocycles.